The van der Waals surface area contributed by atoms with Crippen molar-refractivity contribution in [1.29, 1.82) is 0 Å². The summed E-state index contributed by atoms with van der Waals surface area (Å²) in [6, 6.07) is 7.72. The van der Waals surface area contributed by atoms with Crippen molar-refractivity contribution >= 4 is 11.8 Å². The molecule has 0 saturated heterocycles. The second-order valence-electron chi connectivity index (χ2n) is 3.58. The van der Waals surface area contributed by atoms with Gasteiger partial charge in [0.15, 0.2) is 5.16 Å². The largest absolute Gasteiger partial charge is 0.495 e. The molecule has 0 spiro atoms. The minimum Gasteiger partial charge on any atom is -0.495 e. The number of hydrogen-bond acceptors (Lipinski definition) is 5. The molecule has 18 heavy (non-hydrogen) atoms. The van der Waals surface area contributed by atoms with Crippen LogP contribution in [0.2, 0.25) is 0 Å². The molecule has 1 heterocycles. The zero-order chi connectivity index (χ0) is 12.8. The van der Waals surface area contributed by atoms with Crippen molar-refractivity contribution in [2.45, 2.75) is 11.6 Å². The van der Waals surface area contributed by atoms with Crippen molar-refractivity contribution in [3.63, 3.8) is 0 Å². The zero-order valence-electron chi connectivity index (χ0n) is 10.1. The van der Waals surface area contributed by atoms with Gasteiger partial charge in [-0.3, -0.25) is 4.57 Å². The Morgan fingerprint density at radius 2 is 2.22 bits per heavy atom. The third-order valence-electron chi connectivity index (χ3n) is 2.39. The molecular weight excluding hydrogens is 250 g/mol. The third kappa shape index (κ3) is 2.83. The van der Waals surface area contributed by atoms with Gasteiger partial charge < -0.3 is 9.84 Å². The van der Waals surface area contributed by atoms with Gasteiger partial charge in [0.05, 0.1) is 12.8 Å². The first-order chi connectivity index (χ1) is 8.86. The van der Waals surface area contributed by atoms with E-state index in [0.29, 0.717) is 0 Å². The van der Waals surface area contributed by atoms with Gasteiger partial charge in [-0.2, -0.15) is 0 Å². The number of thioether (sulfide) groups is 1. The lowest BCUT2D eigenvalue weighted by molar-refractivity contribution is 0.296. The number of nitrogens with zero attached hydrogens (tertiary/aromatic N) is 3. The molecule has 1 aromatic carbocycles. The van der Waals surface area contributed by atoms with Gasteiger partial charge in [0.2, 0.25) is 0 Å². The van der Waals surface area contributed by atoms with Crippen molar-refractivity contribution < 1.29 is 9.84 Å². The van der Waals surface area contributed by atoms with Crippen LogP contribution in [0.5, 0.6) is 5.75 Å². The second-order valence-corrected chi connectivity index (χ2v) is 4.64. The van der Waals surface area contributed by atoms with Crippen LogP contribution in [0.1, 0.15) is 6.42 Å². The van der Waals surface area contributed by atoms with Crippen LogP contribution in [0, 0.1) is 0 Å². The first kappa shape index (κ1) is 12.9. The van der Waals surface area contributed by atoms with Crippen LogP contribution in [0.25, 0.3) is 5.69 Å². The molecule has 0 aliphatic heterocycles. The Bertz CT molecular complexity index is 502. The van der Waals surface area contributed by atoms with Gasteiger partial charge in [0.1, 0.15) is 12.1 Å². The van der Waals surface area contributed by atoms with Gasteiger partial charge in [0.25, 0.3) is 0 Å². The van der Waals surface area contributed by atoms with Gasteiger partial charge in [-0.15, -0.1) is 10.2 Å². The summed E-state index contributed by atoms with van der Waals surface area (Å²) in [5.74, 6) is 1.59. The minimum absolute atomic E-state index is 0.190. The molecule has 0 amide bonds. The maximum Gasteiger partial charge on any atom is 0.195 e. The van der Waals surface area contributed by atoms with Crippen LogP contribution in [-0.2, 0) is 0 Å². The monoisotopic (exact) mass is 265 g/mol. The number of hydrogen-bond donors (Lipinski definition) is 1. The van der Waals surface area contributed by atoms with E-state index in [0.717, 1.165) is 28.8 Å². The topological polar surface area (TPSA) is 60.2 Å². The molecule has 1 aromatic heterocycles. The highest BCUT2D eigenvalue weighted by Crippen LogP contribution is 2.26. The van der Waals surface area contributed by atoms with Crippen LogP contribution in [0.4, 0.5) is 0 Å². The number of benzene rings is 1. The fourth-order valence-corrected chi connectivity index (χ4v) is 2.39. The molecule has 1 N–H and O–H groups in total. The quantitative estimate of drug-likeness (QED) is 0.637. The number of aliphatic hydroxyl groups excluding tert-OH is 1. The van der Waals surface area contributed by atoms with E-state index in [2.05, 4.69) is 10.2 Å². The van der Waals surface area contributed by atoms with Gasteiger partial charge in [0, 0.05) is 12.4 Å². The molecule has 0 bridgehead atoms. The number of methoxy groups -OCH3 is 1. The maximum atomic E-state index is 8.79. The average molecular weight is 265 g/mol. The highest BCUT2D eigenvalue weighted by atomic mass is 32.2. The minimum atomic E-state index is 0.190. The van der Waals surface area contributed by atoms with E-state index in [1.165, 1.54) is 0 Å². The van der Waals surface area contributed by atoms with Crippen LogP contribution in [-0.4, -0.2) is 39.3 Å². The molecule has 6 heteroatoms. The SMILES string of the molecule is COc1ccccc1-n1cnnc1SCCCO. The van der Waals surface area contributed by atoms with Crippen molar-refractivity contribution in [3.8, 4) is 11.4 Å². The predicted molar refractivity (Wildman–Crippen MR) is 70.3 cm³/mol. The number of para-hydroxylation sites is 2. The standard InChI is InChI=1S/C12H15N3O2S/c1-17-11-6-3-2-5-10(11)15-9-13-14-12(15)18-8-4-7-16/h2-3,5-6,9,16H,4,7-8H2,1H3. The van der Waals surface area contributed by atoms with E-state index in [-0.39, 0.29) is 6.61 Å². The first-order valence-corrected chi connectivity index (χ1v) is 6.62. The van der Waals surface area contributed by atoms with E-state index in [1.807, 2.05) is 28.8 Å². The molecule has 0 atom stereocenters. The average Bonchev–Trinajstić information content (AvgIpc) is 2.87. The molecule has 0 radical (unpaired) electrons. The molecule has 0 aliphatic carbocycles. The number of ether oxygens (including phenoxy) is 1. The zero-order valence-corrected chi connectivity index (χ0v) is 10.9. The second kappa shape index (κ2) is 6.42. The van der Waals surface area contributed by atoms with Crippen LogP contribution in [0.15, 0.2) is 35.7 Å². The Hall–Kier alpha value is -1.53. The van der Waals surface area contributed by atoms with Gasteiger partial charge in [-0.05, 0) is 18.6 Å². The van der Waals surface area contributed by atoms with Gasteiger partial charge in [-0.25, -0.2) is 0 Å². The Balaban J connectivity index is 2.25. The van der Waals surface area contributed by atoms with Gasteiger partial charge in [-0.1, -0.05) is 23.9 Å². The van der Waals surface area contributed by atoms with E-state index in [1.54, 1.807) is 25.2 Å². The van der Waals surface area contributed by atoms with Crippen molar-refractivity contribution in [1.82, 2.24) is 14.8 Å². The van der Waals surface area contributed by atoms with Crippen molar-refractivity contribution in [2.24, 2.45) is 0 Å². The molecule has 0 fully saturated rings. The molecule has 0 saturated carbocycles. The van der Waals surface area contributed by atoms with Crippen molar-refractivity contribution in [3.05, 3.63) is 30.6 Å². The highest BCUT2D eigenvalue weighted by molar-refractivity contribution is 7.99. The Morgan fingerprint density at radius 1 is 1.39 bits per heavy atom. The summed E-state index contributed by atoms with van der Waals surface area (Å²) in [4.78, 5) is 0. The molecule has 0 aliphatic rings. The van der Waals surface area contributed by atoms with Crippen molar-refractivity contribution in [2.75, 3.05) is 19.5 Å². The number of rotatable bonds is 6. The summed E-state index contributed by atoms with van der Waals surface area (Å²) in [5, 5.41) is 17.6. The molecule has 0 unspecified atom stereocenters. The normalized spacial score (nSPS) is 10.6. The van der Waals surface area contributed by atoms with Gasteiger partial charge >= 0.3 is 0 Å². The van der Waals surface area contributed by atoms with E-state index in [9.17, 15) is 0 Å². The Labute approximate surface area is 110 Å². The summed E-state index contributed by atoms with van der Waals surface area (Å²) in [6.07, 6.45) is 2.41. The number of aromatic nitrogens is 3. The fraction of sp³-hybridized carbons (Fsp3) is 0.333. The lowest BCUT2D eigenvalue weighted by Gasteiger charge is -2.10. The molecular formula is C12H15N3O2S. The molecule has 2 rings (SSSR count). The van der Waals surface area contributed by atoms with Crippen LogP contribution >= 0.6 is 11.8 Å². The summed E-state index contributed by atoms with van der Waals surface area (Å²) >= 11 is 1.57. The first-order valence-electron chi connectivity index (χ1n) is 5.64. The Kier molecular flexibility index (Phi) is 4.60. The van der Waals surface area contributed by atoms with Crippen LogP contribution in [0.3, 0.4) is 0 Å². The fourth-order valence-electron chi connectivity index (χ4n) is 1.54. The predicted octanol–water partition coefficient (Wildman–Crippen LogP) is 1.75. The lowest BCUT2D eigenvalue weighted by Crippen LogP contribution is -1.99. The molecule has 5 nitrogen and oxygen atoms in total. The lowest BCUT2D eigenvalue weighted by atomic mass is 10.3. The van der Waals surface area contributed by atoms with E-state index >= 15 is 0 Å². The summed E-state index contributed by atoms with van der Waals surface area (Å²) < 4.78 is 7.21. The Morgan fingerprint density at radius 3 is 3.00 bits per heavy atom. The summed E-state index contributed by atoms with van der Waals surface area (Å²) in [7, 11) is 1.64. The summed E-state index contributed by atoms with van der Waals surface area (Å²) in [5.41, 5.74) is 0.913. The van der Waals surface area contributed by atoms with E-state index < -0.39 is 0 Å². The maximum absolute atomic E-state index is 8.79. The highest BCUT2D eigenvalue weighted by Gasteiger charge is 2.10. The molecule has 96 valence electrons. The summed E-state index contributed by atoms with van der Waals surface area (Å²) in [6.45, 7) is 0.190. The number of aliphatic hydroxyl groups is 1. The smallest absolute Gasteiger partial charge is 0.195 e. The molecule has 2 aromatic rings. The van der Waals surface area contributed by atoms with E-state index in [4.69, 9.17) is 9.84 Å². The third-order valence-corrected chi connectivity index (χ3v) is 3.42. The van der Waals surface area contributed by atoms with Crippen LogP contribution < -0.4 is 4.74 Å².